The average Bonchev–Trinajstić information content (AvgIpc) is 2.86. The van der Waals surface area contributed by atoms with E-state index >= 15 is 0 Å². The number of aromatic nitrogens is 2. The molecular weight excluding hydrogens is 240 g/mol. The summed E-state index contributed by atoms with van der Waals surface area (Å²) in [7, 11) is 0. The van der Waals surface area contributed by atoms with Gasteiger partial charge in [0.2, 0.25) is 5.91 Å². The van der Waals surface area contributed by atoms with Crippen molar-refractivity contribution >= 4 is 11.6 Å². The molecule has 0 radical (unpaired) electrons. The number of carbonyl (C=O) groups excluding carboxylic acids is 1. The van der Waals surface area contributed by atoms with E-state index in [1.54, 1.807) is 10.9 Å². The van der Waals surface area contributed by atoms with Crippen LogP contribution in [0.1, 0.15) is 46.5 Å². The summed E-state index contributed by atoms with van der Waals surface area (Å²) >= 11 is 0. The number of hydrogen-bond acceptors (Lipinski definition) is 3. The van der Waals surface area contributed by atoms with E-state index in [1.807, 2.05) is 13.1 Å². The van der Waals surface area contributed by atoms with Crippen LogP contribution < -0.4 is 11.1 Å². The first-order valence-corrected chi connectivity index (χ1v) is 7.15. The molecule has 108 valence electrons. The number of nitrogens with two attached hydrogens (primary N) is 1. The minimum absolute atomic E-state index is 0.0225. The third kappa shape index (κ3) is 3.80. The van der Waals surface area contributed by atoms with Crippen molar-refractivity contribution in [1.29, 1.82) is 0 Å². The molecule has 0 aliphatic heterocycles. The fourth-order valence-corrected chi connectivity index (χ4v) is 2.47. The van der Waals surface area contributed by atoms with Gasteiger partial charge in [0.1, 0.15) is 0 Å². The number of anilines is 1. The quantitative estimate of drug-likeness (QED) is 0.758. The van der Waals surface area contributed by atoms with Crippen molar-refractivity contribution in [3.8, 4) is 0 Å². The van der Waals surface area contributed by atoms with E-state index in [1.165, 1.54) is 0 Å². The van der Waals surface area contributed by atoms with Gasteiger partial charge in [0, 0.05) is 19.3 Å². The highest BCUT2D eigenvalue weighted by molar-refractivity contribution is 5.95. The van der Waals surface area contributed by atoms with E-state index in [2.05, 4.69) is 24.3 Å². The number of carbonyl (C=O) groups is 1. The Morgan fingerprint density at radius 1 is 1.37 bits per heavy atom. The molecule has 0 saturated carbocycles. The minimum Gasteiger partial charge on any atom is -0.329 e. The molecule has 0 fully saturated rings. The van der Waals surface area contributed by atoms with Crippen LogP contribution in [0.2, 0.25) is 0 Å². The molecular formula is C14H26N4O. The summed E-state index contributed by atoms with van der Waals surface area (Å²) in [5.41, 5.74) is 6.18. The van der Waals surface area contributed by atoms with Gasteiger partial charge >= 0.3 is 0 Å². The molecule has 5 heteroatoms. The van der Waals surface area contributed by atoms with Crippen LogP contribution >= 0.6 is 0 Å². The molecule has 0 aromatic carbocycles. The highest BCUT2D eigenvalue weighted by Crippen LogP contribution is 2.30. The number of hydrogen-bond donors (Lipinski definition) is 2. The summed E-state index contributed by atoms with van der Waals surface area (Å²) in [6.07, 6.45) is 7.09. The van der Waals surface area contributed by atoms with E-state index in [4.69, 9.17) is 5.73 Å². The Labute approximate surface area is 115 Å². The lowest BCUT2D eigenvalue weighted by atomic mass is 9.78. The highest BCUT2D eigenvalue weighted by atomic mass is 16.2. The number of rotatable bonds is 8. The Kier molecular flexibility index (Phi) is 6.02. The van der Waals surface area contributed by atoms with Crippen molar-refractivity contribution in [2.75, 3.05) is 11.9 Å². The van der Waals surface area contributed by atoms with Gasteiger partial charge < -0.3 is 11.1 Å². The number of nitrogens with one attached hydrogen (secondary N) is 1. The zero-order valence-electron chi connectivity index (χ0n) is 12.3. The minimum atomic E-state index is -0.447. The van der Waals surface area contributed by atoms with Crippen LogP contribution in [0.4, 0.5) is 5.69 Å². The van der Waals surface area contributed by atoms with Crippen molar-refractivity contribution in [3.05, 3.63) is 12.4 Å². The number of nitrogens with zero attached hydrogens (tertiary/aromatic N) is 2. The van der Waals surface area contributed by atoms with Crippen molar-refractivity contribution in [2.45, 2.75) is 53.0 Å². The van der Waals surface area contributed by atoms with Gasteiger partial charge in [-0.25, -0.2) is 0 Å². The molecule has 0 aliphatic rings. The van der Waals surface area contributed by atoms with Crippen LogP contribution in [0.25, 0.3) is 0 Å². The van der Waals surface area contributed by atoms with Gasteiger partial charge in [-0.05, 0) is 19.8 Å². The van der Waals surface area contributed by atoms with E-state index in [9.17, 15) is 4.79 Å². The SMILES string of the molecule is CCCC(CN)(CCC)C(=O)Nc1cnn(CC)c1. The molecule has 1 aromatic heterocycles. The van der Waals surface area contributed by atoms with Gasteiger partial charge in [0.25, 0.3) is 0 Å². The van der Waals surface area contributed by atoms with Crippen LogP contribution in [-0.2, 0) is 11.3 Å². The fourth-order valence-electron chi connectivity index (χ4n) is 2.47. The normalized spacial score (nSPS) is 11.6. The molecule has 1 amide bonds. The first-order valence-electron chi connectivity index (χ1n) is 7.15. The smallest absolute Gasteiger partial charge is 0.231 e. The van der Waals surface area contributed by atoms with Crippen molar-refractivity contribution < 1.29 is 4.79 Å². The van der Waals surface area contributed by atoms with Gasteiger partial charge in [-0.15, -0.1) is 0 Å². The van der Waals surface area contributed by atoms with Gasteiger partial charge in [0.15, 0.2) is 0 Å². The maximum absolute atomic E-state index is 12.5. The molecule has 1 heterocycles. The first kappa shape index (κ1) is 15.7. The molecule has 1 rings (SSSR count). The standard InChI is InChI=1S/C14H26N4O/c1-4-7-14(11-15,8-5-2)13(19)17-12-9-16-18(6-3)10-12/h9-10H,4-8,11,15H2,1-3H3,(H,17,19). The summed E-state index contributed by atoms with van der Waals surface area (Å²) in [4.78, 5) is 12.5. The van der Waals surface area contributed by atoms with Crippen LogP contribution in [-0.4, -0.2) is 22.2 Å². The Morgan fingerprint density at radius 2 is 2.00 bits per heavy atom. The highest BCUT2D eigenvalue weighted by Gasteiger charge is 2.35. The predicted octanol–water partition coefficient (Wildman–Crippen LogP) is 2.39. The molecule has 0 aliphatic carbocycles. The molecule has 3 N–H and O–H groups in total. The third-order valence-electron chi connectivity index (χ3n) is 3.54. The van der Waals surface area contributed by atoms with E-state index < -0.39 is 5.41 Å². The Balaban J connectivity index is 2.81. The largest absolute Gasteiger partial charge is 0.329 e. The molecule has 5 nitrogen and oxygen atoms in total. The topological polar surface area (TPSA) is 72.9 Å². The zero-order valence-corrected chi connectivity index (χ0v) is 12.3. The Hall–Kier alpha value is -1.36. The van der Waals surface area contributed by atoms with E-state index in [-0.39, 0.29) is 5.91 Å². The summed E-state index contributed by atoms with van der Waals surface area (Å²) < 4.78 is 1.79. The van der Waals surface area contributed by atoms with Gasteiger partial charge in [-0.1, -0.05) is 26.7 Å². The van der Waals surface area contributed by atoms with Crippen molar-refractivity contribution in [1.82, 2.24) is 9.78 Å². The van der Waals surface area contributed by atoms with Crippen molar-refractivity contribution in [2.24, 2.45) is 11.1 Å². The lowest BCUT2D eigenvalue weighted by Crippen LogP contribution is -2.42. The Morgan fingerprint density at radius 3 is 2.42 bits per heavy atom. The zero-order chi connectivity index (χ0) is 14.3. The summed E-state index contributed by atoms with van der Waals surface area (Å²) in [6.45, 7) is 7.37. The summed E-state index contributed by atoms with van der Waals surface area (Å²) in [5.74, 6) is 0.0225. The van der Waals surface area contributed by atoms with Gasteiger partial charge in [0.05, 0.1) is 17.3 Å². The lowest BCUT2D eigenvalue weighted by molar-refractivity contribution is -0.126. The second kappa shape index (κ2) is 7.28. The van der Waals surface area contributed by atoms with Crippen LogP contribution in [0.15, 0.2) is 12.4 Å². The number of aryl methyl sites for hydroxylation is 1. The van der Waals surface area contributed by atoms with E-state index in [0.29, 0.717) is 6.54 Å². The average molecular weight is 266 g/mol. The van der Waals surface area contributed by atoms with Gasteiger partial charge in [-0.3, -0.25) is 9.48 Å². The first-order chi connectivity index (χ1) is 9.11. The second-order valence-electron chi connectivity index (χ2n) is 5.02. The van der Waals surface area contributed by atoms with Gasteiger partial charge in [-0.2, -0.15) is 5.10 Å². The summed E-state index contributed by atoms with van der Waals surface area (Å²) in [6, 6.07) is 0. The van der Waals surface area contributed by atoms with Crippen LogP contribution in [0.5, 0.6) is 0 Å². The fraction of sp³-hybridized carbons (Fsp3) is 0.714. The molecule has 0 unspecified atom stereocenters. The molecule has 19 heavy (non-hydrogen) atoms. The number of amides is 1. The third-order valence-corrected chi connectivity index (χ3v) is 3.54. The molecule has 0 atom stereocenters. The summed E-state index contributed by atoms with van der Waals surface area (Å²) in [5, 5.41) is 7.11. The Bertz CT molecular complexity index is 394. The molecule has 0 bridgehead atoms. The monoisotopic (exact) mass is 266 g/mol. The predicted molar refractivity (Wildman–Crippen MR) is 77.8 cm³/mol. The van der Waals surface area contributed by atoms with Crippen LogP contribution in [0, 0.1) is 5.41 Å². The maximum atomic E-state index is 12.5. The molecule has 0 spiro atoms. The second-order valence-corrected chi connectivity index (χ2v) is 5.02. The lowest BCUT2D eigenvalue weighted by Gasteiger charge is -2.30. The molecule has 1 aromatic rings. The molecule has 0 saturated heterocycles. The van der Waals surface area contributed by atoms with Crippen molar-refractivity contribution in [3.63, 3.8) is 0 Å². The van der Waals surface area contributed by atoms with Crippen LogP contribution in [0.3, 0.4) is 0 Å². The van der Waals surface area contributed by atoms with E-state index in [0.717, 1.165) is 37.9 Å². The maximum Gasteiger partial charge on any atom is 0.231 e.